The quantitative estimate of drug-likeness (QED) is 0.477. The largest absolute Gasteiger partial charge is 0 e. The van der Waals surface area contributed by atoms with Gasteiger partial charge in [0.05, 0.1) is 0 Å². The summed E-state index contributed by atoms with van der Waals surface area (Å²) in [5.74, 6) is 0. The van der Waals surface area contributed by atoms with Gasteiger partial charge < -0.3 is 0 Å². The molecule has 0 aromatic rings. The minimum atomic E-state index is 0. The van der Waals surface area contributed by atoms with E-state index in [1.807, 2.05) is 0 Å². The van der Waals surface area contributed by atoms with Crippen LogP contribution in [0.3, 0.4) is 0 Å². The van der Waals surface area contributed by atoms with E-state index in [0.717, 1.165) is 0 Å². The summed E-state index contributed by atoms with van der Waals surface area (Å²) in [5, 5.41) is 0. The van der Waals surface area contributed by atoms with Crippen molar-refractivity contribution in [1.29, 1.82) is 0 Å². The molecule has 0 rings (SSSR count). The maximum absolute atomic E-state index is 0. The zero-order valence-electron chi connectivity index (χ0n) is 2.61. The first-order valence-electron chi connectivity index (χ1n) is 0. The molecule has 4 radical (unpaired) electrons. The normalized spacial score (nSPS) is 0. The Morgan fingerprint density at radius 2 is 1.00 bits per heavy atom. The van der Waals surface area contributed by atoms with E-state index in [1.54, 1.807) is 0 Å². The number of hydrogen-bond acceptors (Lipinski definition) is 0. The SMILES string of the molecule is [Cr].[Cu].[Mn].[Mo].[Se].[Zn]. The van der Waals surface area contributed by atoms with Crippen molar-refractivity contribution >= 4 is 17.1 Å². The summed E-state index contributed by atoms with van der Waals surface area (Å²) in [6.07, 6.45) is 0. The average Bonchev–Trinajstić information content (AvgIpc) is 0. The first-order valence-corrected chi connectivity index (χ1v) is 0. The fraction of sp³-hybridized carbons (Fsp3) is 0. The van der Waals surface area contributed by atoms with Crippen LogP contribution in [0.25, 0.3) is 0 Å². The van der Waals surface area contributed by atoms with Crippen LogP contribution in [0.2, 0.25) is 0 Å². The predicted molar refractivity (Wildman–Crippen MR) is 5.75 cm³/mol. The van der Waals surface area contributed by atoms with Crippen LogP contribution in [0.1, 0.15) is 0 Å². The Kier molecular flexibility index (Phi) is 380. The van der Waals surface area contributed by atoms with Crippen LogP contribution in [0.5, 0.6) is 0 Å². The second-order valence-corrected chi connectivity index (χ2v) is 0. The van der Waals surface area contributed by atoms with E-state index in [1.165, 1.54) is 0 Å². The summed E-state index contributed by atoms with van der Waals surface area (Å²) < 4.78 is 0. The van der Waals surface area contributed by atoms with Crippen molar-refractivity contribution in [2.45, 2.75) is 0 Å². The van der Waals surface area contributed by atoms with Crippen LogP contribution in [0, 0.1) is 0 Å². The molecule has 0 N–H and O–H groups in total. The zero-order chi connectivity index (χ0) is 0. The van der Waals surface area contributed by atoms with Gasteiger partial charge >= 0.3 is 0 Å². The topological polar surface area (TPSA) is 0 Å². The van der Waals surface area contributed by atoms with Crippen LogP contribution in [-0.4, -0.2) is 17.1 Å². The molecule has 0 aliphatic heterocycles. The molecule has 0 aromatic carbocycles. The molecule has 0 amide bonds. The first kappa shape index (κ1) is 57.3. The van der Waals surface area contributed by atoms with Gasteiger partial charge in [0, 0.05) is 109 Å². The Labute approximate surface area is 107 Å². The molecule has 0 aliphatic carbocycles. The van der Waals surface area contributed by atoms with Gasteiger partial charge in [0.1, 0.15) is 0 Å². The third-order valence-electron chi connectivity index (χ3n) is 0. The average molecular weight is 411 g/mol. The van der Waals surface area contributed by atoms with E-state index in [0.29, 0.717) is 0 Å². The molecule has 0 heterocycles. The van der Waals surface area contributed by atoms with Gasteiger partial charge in [-0.1, -0.05) is 0 Å². The first-order chi connectivity index (χ1) is 0. The molecule has 0 saturated carbocycles. The Bertz CT molecular complexity index is 15.5. The van der Waals surface area contributed by atoms with E-state index in [2.05, 4.69) is 0 Å². The Hall–Kier alpha value is 3.40. The summed E-state index contributed by atoms with van der Waals surface area (Å²) in [4.78, 5) is 0. The fourth-order valence-corrected chi connectivity index (χ4v) is 0. The van der Waals surface area contributed by atoms with Crippen molar-refractivity contribution in [2.24, 2.45) is 0 Å². The molecular formula is CrCuMnMoSeZn. The summed E-state index contributed by atoms with van der Waals surface area (Å²) in [6.45, 7) is 0. The molecule has 0 aliphatic rings. The molecule has 38 valence electrons. The number of rotatable bonds is 0. The summed E-state index contributed by atoms with van der Waals surface area (Å²) in [7, 11) is 0. The molecule has 0 nitrogen and oxygen atoms in total. The molecule has 0 saturated heterocycles. The molecule has 0 bridgehead atoms. The van der Waals surface area contributed by atoms with Crippen molar-refractivity contribution in [3.63, 3.8) is 0 Å². The van der Waals surface area contributed by atoms with Gasteiger partial charge in [0.15, 0.2) is 0 Å². The standard InChI is InChI=1S/Cr.Cu.Mn.Mo.Se.Zn. The van der Waals surface area contributed by atoms with Gasteiger partial charge in [-0.15, -0.1) is 0 Å². The van der Waals surface area contributed by atoms with E-state index < -0.39 is 0 Å². The van der Waals surface area contributed by atoms with Crippen molar-refractivity contribution in [3.05, 3.63) is 0 Å². The van der Waals surface area contributed by atoms with E-state index in [4.69, 9.17) is 0 Å². The smallest absolute Gasteiger partial charge is 0 e. The van der Waals surface area contributed by atoms with E-state index in [9.17, 15) is 0 Å². The third-order valence-corrected chi connectivity index (χ3v) is 0. The maximum atomic E-state index is 0. The fourth-order valence-electron chi connectivity index (χ4n) is 0. The minimum Gasteiger partial charge on any atom is 0 e. The second kappa shape index (κ2) is 39.8. The van der Waals surface area contributed by atoms with Crippen molar-refractivity contribution < 1.29 is 92.0 Å². The van der Waals surface area contributed by atoms with Crippen LogP contribution >= 0.6 is 0 Å². The van der Waals surface area contributed by atoms with Crippen LogP contribution in [0.4, 0.5) is 0 Å². The van der Waals surface area contributed by atoms with Gasteiger partial charge in [-0.25, -0.2) is 0 Å². The summed E-state index contributed by atoms with van der Waals surface area (Å²) in [5.41, 5.74) is 0. The van der Waals surface area contributed by atoms with Crippen LogP contribution in [-0.2, 0) is 92.0 Å². The Morgan fingerprint density at radius 1 is 1.00 bits per heavy atom. The van der Waals surface area contributed by atoms with Gasteiger partial charge in [-0.3, -0.25) is 0 Å². The van der Waals surface area contributed by atoms with Crippen molar-refractivity contribution in [1.82, 2.24) is 0 Å². The Morgan fingerprint density at radius 3 is 1.00 bits per heavy atom. The van der Waals surface area contributed by atoms with Crippen molar-refractivity contribution in [2.75, 3.05) is 0 Å². The summed E-state index contributed by atoms with van der Waals surface area (Å²) in [6, 6.07) is 0. The molecule has 0 aromatic heterocycles. The van der Waals surface area contributed by atoms with Gasteiger partial charge in [-0.05, 0) is 0 Å². The van der Waals surface area contributed by atoms with Gasteiger partial charge in [-0.2, -0.15) is 0 Å². The molecule has 0 spiro atoms. The molecule has 0 fully saturated rings. The van der Waals surface area contributed by atoms with Crippen LogP contribution < -0.4 is 0 Å². The van der Waals surface area contributed by atoms with E-state index >= 15 is 0 Å². The minimum absolute atomic E-state index is 0. The summed E-state index contributed by atoms with van der Waals surface area (Å²) >= 11 is 0. The Balaban J connectivity index is 0. The van der Waals surface area contributed by atoms with Gasteiger partial charge in [0.2, 0.25) is 0 Å². The molecule has 6 heavy (non-hydrogen) atoms. The van der Waals surface area contributed by atoms with Crippen molar-refractivity contribution in [3.8, 4) is 0 Å². The number of hydrogen-bond donors (Lipinski definition) is 0. The molecule has 0 unspecified atom stereocenters. The predicted octanol–water partition coefficient (Wildman–Crippen LogP) is -0.393. The second-order valence-electron chi connectivity index (χ2n) is 0. The zero-order valence-corrected chi connectivity index (χ0v) is 12.7. The van der Waals surface area contributed by atoms with Crippen LogP contribution in [0.15, 0.2) is 0 Å². The molecule has 6 heteroatoms. The molecular weight excluding hydrogens is 411 g/mol. The van der Waals surface area contributed by atoms with Gasteiger partial charge in [0.25, 0.3) is 0 Å². The monoisotopic (exact) mass is 412 g/mol. The van der Waals surface area contributed by atoms with E-state index in [-0.39, 0.29) is 109 Å². The third kappa shape index (κ3) is 26.2. The maximum Gasteiger partial charge on any atom is 0 e. The molecule has 0 atom stereocenters.